The number of rotatable bonds is 5. The molecule has 2 amide bonds. The zero-order valence-electron chi connectivity index (χ0n) is 9.89. The van der Waals surface area contributed by atoms with Gasteiger partial charge in [0.1, 0.15) is 0 Å². The molecule has 0 radical (unpaired) electrons. The lowest BCUT2D eigenvalue weighted by molar-refractivity contribution is 0.216. The van der Waals surface area contributed by atoms with Crippen molar-refractivity contribution in [3.63, 3.8) is 0 Å². The van der Waals surface area contributed by atoms with Crippen molar-refractivity contribution in [2.75, 3.05) is 6.61 Å². The van der Waals surface area contributed by atoms with E-state index in [9.17, 15) is 9.90 Å². The number of hydrogen-bond acceptors (Lipinski definition) is 2. The summed E-state index contributed by atoms with van der Waals surface area (Å²) in [7, 11) is 0. The molecule has 3 N–H and O–H groups in total. The molecule has 0 fully saturated rings. The molecule has 0 aliphatic carbocycles. The van der Waals surface area contributed by atoms with Gasteiger partial charge in [-0.05, 0) is 12.5 Å². The Morgan fingerprint density at radius 1 is 1.41 bits per heavy atom. The summed E-state index contributed by atoms with van der Waals surface area (Å²) in [4.78, 5) is 11.6. The number of amides is 2. The van der Waals surface area contributed by atoms with Crippen molar-refractivity contribution in [1.29, 1.82) is 0 Å². The molecule has 0 bridgehead atoms. The topological polar surface area (TPSA) is 61.4 Å². The minimum absolute atomic E-state index is 0.106. The second kappa shape index (κ2) is 6.70. The van der Waals surface area contributed by atoms with E-state index in [1.54, 1.807) is 6.08 Å². The van der Waals surface area contributed by atoms with Crippen LogP contribution in [0.4, 0.5) is 4.79 Å². The van der Waals surface area contributed by atoms with Gasteiger partial charge in [-0.15, -0.1) is 6.58 Å². The largest absolute Gasteiger partial charge is 0.394 e. The highest BCUT2D eigenvalue weighted by atomic mass is 16.3. The Morgan fingerprint density at radius 3 is 2.59 bits per heavy atom. The standard InChI is InChI=1S/C13H18N2O2/c1-3-10(2)14-13(17)15-12(9-16)11-7-5-4-6-8-11/h3-8,10,12,16H,1,9H2,2H3,(H2,14,15,17). The lowest BCUT2D eigenvalue weighted by Crippen LogP contribution is -2.42. The van der Waals surface area contributed by atoms with Gasteiger partial charge >= 0.3 is 6.03 Å². The van der Waals surface area contributed by atoms with E-state index >= 15 is 0 Å². The Hall–Kier alpha value is -1.81. The number of carbonyl (C=O) groups excluding carboxylic acids is 1. The van der Waals surface area contributed by atoms with Crippen molar-refractivity contribution in [2.24, 2.45) is 0 Å². The van der Waals surface area contributed by atoms with E-state index in [-0.39, 0.29) is 18.7 Å². The molecule has 0 aliphatic rings. The molecule has 0 spiro atoms. The summed E-state index contributed by atoms with van der Waals surface area (Å²) in [6, 6.07) is 8.51. The first-order valence-electron chi connectivity index (χ1n) is 5.52. The van der Waals surface area contributed by atoms with Crippen molar-refractivity contribution < 1.29 is 9.90 Å². The molecule has 92 valence electrons. The van der Waals surface area contributed by atoms with Gasteiger partial charge in [0.25, 0.3) is 0 Å². The van der Waals surface area contributed by atoms with Gasteiger partial charge in [0, 0.05) is 6.04 Å². The van der Waals surface area contributed by atoms with Crippen LogP contribution in [-0.4, -0.2) is 23.8 Å². The predicted octanol–water partition coefficient (Wildman–Crippen LogP) is 1.59. The average Bonchev–Trinajstić information content (AvgIpc) is 2.36. The van der Waals surface area contributed by atoms with Crippen LogP contribution in [0.25, 0.3) is 0 Å². The summed E-state index contributed by atoms with van der Waals surface area (Å²) < 4.78 is 0. The lowest BCUT2D eigenvalue weighted by Gasteiger charge is -2.18. The third-order valence-electron chi connectivity index (χ3n) is 2.40. The maximum atomic E-state index is 11.6. The van der Waals surface area contributed by atoms with Crippen LogP contribution >= 0.6 is 0 Å². The molecule has 1 rings (SSSR count). The average molecular weight is 234 g/mol. The van der Waals surface area contributed by atoms with Crippen LogP contribution in [0.1, 0.15) is 18.5 Å². The quantitative estimate of drug-likeness (QED) is 0.678. The van der Waals surface area contributed by atoms with Gasteiger partial charge in [-0.1, -0.05) is 36.4 Å². The Balaban J connectivity index is 2.59. The van der Waals surface area contributed by atoms with Crippen molar-refractivity contribution in [2.45, 2.75) is 19.0 Å². The highest BCUT2D eigenvalue weighted by Gasteiger charge is 2.13. The van der Waals surface area contributed by atoms with Gasteiger partial charge in [0.05, 0.1) is 12.6 Å². The number of urea groups is 1. The predicted molar refractivity (Wildman–Crippen MR) is 67.6 cm³/mol. The van der Waals surface area contributed by atoms with Gasteiger partial charge < -0.3 is 15.7 Å². The SMILES string of the molecule is C=CC(C)NC(=O)NC(CO)c1ccccc1. The number of aliphatic hydroxyl groups excluding tert-OH is 1. The maximum absolute atomic E-state index is 11.6. The van der Waals surface area contributed by atoms with Crippen LogP contribution in [0.15, 0.2) is 43.0 Å². The number of hydrogen-bond donors (Lipinski definition) is 3. The molecule has 4 nitrogen and oxygen atoms in total. The summed E-state index contributed by atoms with van der Waals surface area (Å²) in [5.41, 5.74) is 0.872. The van der Waals surface area contributed by atoms with Gasteiger partial charge in [0.2, 0.25) is 0 Å². The molecule has 0 heterocycles. The Labute approximate surface area is 101 Å². The van der Waals surface area contributed by atoms with Gasteiger partial charge in [-0.2, -0.15) is 0 Å². The second-order valence-corrected chi connectivity index (χ2v) is 3.79. The minimum Gasteiger partial charge on any atom is -0.394 e. The number of aliphatic hydroxyl groups is 1. The first kappa shape index (κ1) is 13.3. The first-order chi connectivity index (χ1) is 8.17. The number of nitrogens with one attached hydrogen (secondary N) is 2. The summed E-state index contributed by atoms with van der Waals surface area (Å²) in [5, 5.41) is 14.6. The molecular weight excluding hydrogens is 216 g/mol. The van der Waals surface area contributed by atoms with Crippen LogP contribution in [0.2, 0.25) is 0 Å². The Morgan fingerprint density at radius 2 is 2.06 bits per heavy atom. The lowest BCUT2D eigenvalue weighted by atomic mass is 10.1. The van der Waals surface area contributed by atoms with Crippen molar-refractivity contribution in [3.8, 4) is 0 Å². The van der Waals surface area contributed by atoms with Crippen molar-refractivity contribution in [1.82, 2.24) is 10.6 Å². The van der Waals surface area contributed by atoms with E-state index in [0.717, 1.165) is 5.56 Å². The molecule has 0 aromatic heterocycles. The molecule has 2 atom stereocenters. The van der Waals surface area contributed by atoms with Gasteiger partial charge in [0.15, 0.2) is 0 Å². The summed E-state index contributed by atoms with van der Waals surface area (Å²) in [6.07, 6.45) is 1.63. The molecule has 1 aromatic rings. The van der Waals surface area contributed by atoms with Crippen molar-refractivity contribution in [3.05, 3.63) is 48.6 Å². The molecule has 1 aromatic carbocycles. The molecule has 2 unspecified atom stereocenters. The summed E-state index contributed by atoms with van der Waals surface area (Å²) in [5.74, 6) is 0. The Bertz CT molecular complexity index is 365. The van der Waals surface area contributed by atoms with E-state index in [1.807, 2.05) is 37.3 Å². The highest BCUT2D eigenvalue weighted by Crippen LogP contribution is 2.11. The molecule has 0 saturated heterocycles. The van der Waals surface area contributed by atoms with E-state index in [1.165, 1.54) is 0 Å². The molecule has 0 saturated carbocycles. The smallest absolute Gasteiger partial charge is 0.315 e. The van der Waals surface area contributed by atoms with Crippen LogP contribution in [0.3, 0.4) is 0 Å². The van der Waals surface area contributed by atoms with Crippen LogP contribution < -0.4 is 10.6 Å². The van der Waals surface area contributed by atoms with E-state index in [4.69, 9.17) is 0 Å². The third-order valence-corrected chi connectivity index (χ3v) is 2.40. The molecule has 17 heavy (non-hydrogen) atoms. The Kier molecular flexibility index (Phi) is 5.23. The summed E-state index contributed by atoms with van der Waals surface area (Å²) >= 11 is 0. The van der Waals surface area contributed by atoms with Crippen LogP contribution in [-0.2, 0) is 0 Å². The fourth-order valence-corrected chi connectivity index (χ4v) is 1.39. The monoisotopic (exact) mass is 234 g/mol. The molecule has 0 aliphatic heterocycles. The second-order valence-electron chi connectivity index (χ2n) is 3.79. The fraction of sp³-hybridized carbons (Fsp3) is 0.308. The third kappa shape index (κ3) is 4.28. The fourth-order valence-electron chi connectivity index (χ4n) is 1.39. The van der Waals surface area contributed by atoms with E-state index in [2.05, 4.69) is 17.2 Å². The number of carbonyl (C=O) groups is 1. The molecule has 4 heteroatoms. The highest BCUT2D eigenvalue weighted by molar-refractivity contribution is 5.75. The minimum atomic E-state index is -0.395. The normalized spacial score (nSPS) is 13.5. The van der Waals surface area contributed by atoms with Crippen LogP contribution in [0.5, 0.6) is 0 Å². The maximum Gasteiger partial charge on any atom is 0.315 e. The number of benzene rings is 1. The molecular formula is C13H18N2O2. The zero-order valence-corrected chi connectivity index (χ0v) is 9.89. The van der Waals surface area contributed by atoms with Crippen LogP contribution in [0, 0.1) is 0 Å². The first-order valence-corrected chi connectivity index (χ1v) is 5.52. The summed E-state index contributed by atoms with van der Waals surface area (Å²) in [6.45, 7) is 5.26. The van der Waals surface area contributed by atoms with Gasteiger partial charge in [-0.25, -0.2) is 4.79 Å². The van der Waals surface area contributed by atoms with Crippen molar-refractivity contribution >= 4 is 6.03 Å². The van der Waals surface area contributed by atoms with Gasteiger partial charge in [-0.3, -0.25) is 0 Å². The zero-order chi connectivity index (χ0) is 12.7. The van der Waals surface area contributed by atoms with E-state index in [0.29, 0.717) is 0 Å². The van der Waals surface area contributed by atoms with E-state index < -0.39 is 6.04 Å².